The molecule has 5 amide bonds. The normalized spacial score (nSPS) is 25.0. The standard InChI is InChI=1S/C20H34N4O4/c1-6-23(7-2)16(26)12-21-15(25)13-24-17(27)20(22-18(24)28)10-8-14(9-11-20)19(3,4)5/h14H,6-13H2,1-5H3,(H,21,25)(H,22,28). The van der Waals surface area contributed by atoms with E-state index in [1.807, 2.05) is 13.8 Å². The van der Waals surface area contributed by atoms with Gasteiger partial charge >= 0.3 is 6.03 Å². The number of urea groups is 1. The van der Waals surface area contributed by atoms with Crippen molar-refractivity contribution < 1.29 is 19.2 Å². The molecule has 0 aromatic rings. The molecule has 1 saturated carbocycles. The van der Waals surface area contributed by atoms with E-state index in [2.05, 4.69) is 31.4 Å². The minimum Gasteiger partial charge on any atom is -0.345 e. The molecular weight excluding hydrogens is 360 g/mol. The van der Waals surface area contributed by atoms with Crippen molar-refractivity contribution in [3.8, 4) is 0 Å². The zero-order chi connectivity index (χ0) is 21.1. The molecule has 8 nitrogen and oxygen atoms in total. The highest BCUT2D eigenvalue weighted by Gasteiger charge is 2.53. The molecule has 2 aliphatic rings. The summed E-state index contributed by atoms with van der Waals surface area (Å²) in [7, 11) is 0. The van der Waals surface area contributed by atoms with E-state index in [1.165, 1.54) is 0 Å². The van der Waals surface area contributed by atoms with Crippen LogP contribution in [0.1, 0.15) is 60.3 Å². The Morgan fingerprint density at radius 2 is 1.75 bits per heavy atom. The second-order valence-corrected chi connectivity index (χ2v) is 8.89. The van der Waals surface area contributed by atoms with Gasteiger partial charge in [0.2, 0.25) is 11.8 Å². The summed E-state index contributed by atoms with van der Waals surface area (Å²) in [5, 5.41) is 5.34. The third kappa shape index (κ3) is 4.64. The molecule has 0 unspecified atom stereocenters. The van der Waals surface area contributed by atoms with Gasteiger partial charge in [-0.2, -0.15) is 0 Å². The maximum Gasteiger partial charge on any atom is 0.325 e. The number of hydrogen-bond acceptors (Lipinski definition) is 4. The lowest BCUT2D eigenvalue weighted by Gasteiger charge is -2.40. The Kier molecular flexibility index (Phi) is 6.72. The van der Waals surface area contributed by atoms with Crippen LogP contribution in [0, 0.1) is 11.3 Å². The molecule has 0 aromatic heterocycles. The lowest BCUT2D eigenvalue weighted by atomic mass is 9.67. The first-order chi connectivity index (χ1) is 13.0. The number of nitrogens with one attached hydrogen (secondary N) is 2. The summed E-state index contributed by atoms with van der Waals surface area (Å²) in [4.78, 5) is 52.0. The molecule has 1 saturated heterocycles. The second kappa shape index (κ2) is 8.49. The second-order valence-electron chi connectivity index (χ2n) is 8.89. The number of imide groups is 1. The molecular formula is C20H34N4O4. The highest BCUT2D eigenvalue weighted by molar-refractivity contribution is 6.09. The molecule has 0 bridgehead atoms. The molecule has 2 rings (SSSR count). The fourth-order valence-corrected chi connectivity index (χ4v) is 4.20. The van der Waals surface area contributed by atoms with Gasteiger partial charge in [-0.15, -0.1) is 0 Å². The van der Waals surface area contributed by atoms with E-state index >= 15 is 0 Å². The van der Waals surface area contributed by atoms with Crippen LogP contribution in [0.4, 0.5) is 4.79 Å². The average molecular weight is 395 g/mol. The molecule has 0 atom stereocenters. The lowest BCUT2D eigenvalue weighted by molar-refractivity contribution is -0.137. The van der Waals surface area contributed by atoms with Crippen LogP contribution in [0.3, 0.4) is 0 Å². The number of likely N-dealkylation sites (N-methyl/N-ethyl adjacent to an activating group) is 1. The van der Waals surface area contributed by atoms with E-state index in [4.69, 9.17) is 0 Å². The van der Waals surface area contributed by atoms with E-state index in [1.54, 1.807) is 4.90 Å². The Morgan fingerprint density at radius 1 is 1.18 bits per heavy atom. The van der Waals surface area contributed by atoms with Gasteiger partial charge in [0.05, 0.1) is 6.54 Å². The van der Waals surface area contributed by atoms with Crippen molar-refractivity contribution in [2.24, 2.45) is 11.3 Å². The minimum atomic E-state index is -0.879. The Bertz CT molecular complexity index is 629. The largest absolute Gasteiger partial charge is 0.345 e. The molecule has 2 fully saturated rings. The van der Waals surface area contributed by atoms with Crippen molar-refractivity contribution in [1.82, 2.24) is 20.4 Å². The smallest absolute Gasteiger partial charge is 0.325 e. The van der Waals surface area contributed by atoms with Crippen LogP contribution in [-0.4, -0.2) is 65.3 Å². The van der Waals surface area contributed by atoms with E-state index in [9.17, 15) is 19.2 Å². The summed E-state index contributed by atoms with van der Waals surface area (Å²) in [6, 6.07) is -0.524. The summed E-state index contributed by atoms with van der Waals surface area (Å²) >= 11 is 0. The minimum absolute atomic E-state index is 0.136. The fourth-order valence-electron chi connectivity index (χ4n) is 4.20. The van der Waals surface area contributed by atoms with Gasteiger partial charge in [-0.05, 0) is 50.9 Å². The van der Waals surface area contributed by atoms with Crippen LogP contribution in [-0.2, 0) is 14.4 Å². The highest BCUT2D eigenvalue weighted by atomic mass is 16.2. The first-order valence-corrected chi connectivity index (χ1v) is 10.2. The maximum atomic E-state index is 12.9. The van der Waals surface area contributed by atoms with E-state index in [0.717, 1.165) is 17.7 Å². The van der Waals surface area contributed by atoms with Crippen LogP contribution in [0.25, 0.3) is 0 Å². The number of rotatable bonds is 6. The SMILES string of the molecule is CCN(CC)C(=O)CNC(=O)CN1C(=O)NC2(CCC(C(C)(C)C)CC2)C1=O. The topological polar surface area (TPSA) is 98.8 Å². The molecule has 0 aromatic carbocycles. The third-order valence-corrected chi connectivity index (χ3v) is 6.16. The van der Waals surface area contributed by atoms with E-state index in [0.29, 0.717) is 31.8 Å². The number of carbonyl (C=O) groups is 4. The van der Waals surface area contributed by atoms with Gasteiger partial charge in [0.25, 0.3) is 5.91 Å². The average Bonchev–Trinajstić information content (AvgIpc) is 2.85. The van der Waals surface area contributed by atoms with Crippen LogP contribution in [0.5, 0.6) is 0 Å². The van der Waals surface area contributed by atoms with Crippen molar-refractivity contribution in [2.45, 2.75) is 65.8 Å². The number of hydrogen-bond donors (Lipinski definition) is 2. The molecule has 1 spiro atoms. The van der Waals surface area contributed by atoms with E-state index < -0.39 is 17.5 Å². The van der Waals surface area contributed by atoms with Crippen molar-refractivity contribution in [3.05, 3.63) is 0 Å². The lowest BCUT2D eigenvalue weighted by Crippen LogP contribution is -2.51. The Hall–Kier alpha value is -2.12. The quantitative estimate of drug-likeness (QED) is 0.667. The number of nitrogens with zero attached hydrogens (tertiary/aromatic N) is 2. The summed E-state index contributed by atoms with van der Waals surface area (Å²) in [5.41, 5.74) is -0.708. The zero-order valence-corrected chi connectivity index (χ0v) is 17.8. The molecule has 158 valence electrons. The molecule has 28 heavy (non-hydrogen) atoms. The van der Waals surface area contributed by atoms with Crippen molar-refractivity contribution in [3.63, 3.8) is 0 Å². The molecule has 1 aliphatic carbocycles. The highest BCUT2D eigenvalue weighted by Crippen LogP contribution is 2.43. The zero-order valence-electron chi connectivity index (χ0n) is 17.8. The van der Waals surface area contributed by atoms with Crippen molar-refractivity contribution >= 4 is 23.8 Å². The van der Waals surface area contributed by atoms with Gasteiger partial charge in [-0.25, -0.2) is 4.79 Å². The summed E-state index contributed by atoms with van der Waals surface area (Å²) in [6.45, 7) is 11.0. The van der Waals surface area contributed by atoms with Gasteiger partial charge in [0, 0.05) is 13.1 Å². The van der Waals surface area contributed by atoms with Crippen molar-refractivity contribution in [2.75, 3.05) is 26.2 Å². The summed E-state index contributed by atoms with van der Waals surface area (Å²) in [6.07, 6.45) is 2.93. The molecule has 8 heteroatoms. The molecule has 1 heterocycles. The van der Waals surface area contributed by atoms with Crippen LogP contribution in [0.2, 0.25) is 0 Å². The Morgan fingerprint density at radius 3 is 2.25 bits per heavy atom. The number of amides is 5. The Balaban J connectivity index is 1.92. The molecule has 0 radical (unpaired) electrons. The van der Waals surface area contributed by atoms with E-state index in [-0.39, 0.29) is 30.3 Å². The predicted molar refractivity (Wildman–Crippen MR) is 105 cm³/mol. The van der Waals surface area contributed by atoms with Crippen LogP contribution >= 0.6 is 0 Å². The number of carbonyl (C=O) groups excluding carboxylic acids is 4. The van der Waals surface area contributed by atoms with Gasteiger partial charge in [0.1, 0.15) is 12.1 Å². The van der Waals surface area contributed by atoms with Gasteiger partial charge < -0.3 is 15.5 Å². The molecule has 2 N–H and O–H groups in total. The van der Waals surface area contributed by atoms with Gasteiger partial charge in [-0.3, -0.25) is 19.3 Å². The Labute approximate surface area is 167 Å². The van der Waals surface area contributed by atoms with Crippen LogP contribution in [0.15, 0.2) is 0 Å². The predicted octanol–water partition coefficient (Wildman–Crippen LogP) is 1.50. The van der Waals surface area contributed by atoms with Gasteiger partial charge in [0.15, 0.2) is 0 Å². The first kappa shape index (κ1) is 22.2. The monoisotopic (exact) mass is 394 g/mol. The third-order valence-electron chi connectivity index (χ3n) is 6.16. The first-order valence-electron chi connectivity index (χ1n) is 10.2. The molecule has 1 aliphatic heterocycles. The van der Waals surface area contributed by atoms with Crippen LogP contribution < -0.4 is 10.6 Å². The maximum absolute atomic E-state index is 12.9. The van der Waals surface area contributed by atoms with Crippen molar-refractivity contribution in [1.29, 1.82) is 0 Å². The van der Waals surface area contributed by atoms with Gasteiger partial charge in [-0.1, -0.05) is 20.8 Å². The fraction of sp³-hybridized carbons (Fsp3) is 0.800. The summed E-state index contributed by atoms with van der Waals surface area (Å²) < 4.78 is 0. The summed E-state index contributed by atoms with van der Waals surface area (Å²) in [5.74, 6) is -0.515.